The van der Waals surface area contributed by atoms with E-state index in [9.17, 15) is 25.0 Å². The fraction of sp³-hybridized carbons (Fsp3) is 0.0455. The highest BCUT2D eigenvalue weighted by Gasteiger charge is 2.12. The number of rotatable bonds is 5. The Kier molecular flexibility index (Phi) is 7.33. The summed E-state index contributed by atoms with van der Waals surface area (Å²) in [6, 6.07) is 15.9. The summed E-state index contributed by atoms with van der Waals surface area (Å²) >= 11 is 8.25. The van der Waals surface area contributed by atoms with Gasteiger partial charge < -0.3 is 11.1 Å². The molecule has 14 heteroatoms. The van der Waals surface area contributed by atoms with Gasteiger partial charge in [0, 0.05) is 29.3 Å². The van der Waals surface area contributed by atoms with E-state index < -0.39 is 9.85 Å². The third-order valence-corrected chi connectivity index (χ3v) is 6.74. The third-order valence-electron chi connectivity index (χ3n) is 4.71. The molecular formula is C22H15ClN6O5S2. The molecule has 1 amide bonds. The van der Waals surface area contributed by atoms with Gasteiger partial charge in [0.25, 0.3) is 11.4 Å². The maximum Gasteiger partial charge on any atom is 0.270 e. The molecule has 2 heterocycles. The summed E-state index contributed by atoms with van der Waals surface area (Å²) in [5.41, 5.74) is 7.67. The summed E-state index contributed by atoms with van der Waals surface area (Å²) in [5.74, 6) is -0.208. The summed E-state index contributed by atoms with van der Waals surface area (Å²) in [6.07, 6.45) is 0.202. The van der Waals surface area contributed by atoms with Crippen molar-refractivity contribution in [3.05, 3.63) is 91.5 Å². The van der Waals surface area contributed by atoms with E-state index in [1.54, 1.807) is 36.4 Å². The van der Waals surface area contributed by atoms with Crippen LogP contribution >= 0.6 is 34.3 Å². The van der Waals surface area contributed by atoms with Crippen molar-refractivity contribution in [1.29, 1.82) is 0 Å². The van der Waals surface area contributed by atoms with Crippen LogP contribution in [0, 0.1) is 20.2 Å². The SMILES string of the molecule is Nc1nc2ccc([N+](=O)[O-])cc2s1.O=C(Cc1ccc(Cl)cc1)Nc1nc2ccc([N+](=O)[O-])cc2s1. The predicted molar refractivity (Wildman–Crippen MR) is 141 cm³/mol. The van der Waals surface area contributed by atoms with Crippen LogP contribution in [0.15, 0.2) is 60.7 Å². The Morgan fingerprint density at radius 3 is 2.03 bits per heavy atom. The number of carbonyl (C=O) groups excluding carboxylic acids is 1. The largest absolute Gasteiger partial charge is 0.375 e. The van der Waals surface area contributed by atoms with Crippen molar-refractivity contribution >= 4 is 82.3 Å². The minimum atomic E-state index is -0.460. The average molecular weight is 543 g/mol. The number of amides is 1. The van der Waals surface area contributed by atoms with Crippen LogP contribution in [-0.2, 0) is 11.2 Å². The first-order chi connectivity index (χ1) is 17.2. The Labute approximate surface area is 215 Å². The number of nitrogens with zero attached hydrogens (tertiary/aromatic N) is 4. The second-order valence-electron chi connectivity index (χ2n) is 7.24. The van der Waals surface area contributed by atoms with Gasteiger partial charge in [0.2, 0.25) is 5.91 Å². The number of carbonyl (C=O) groups is 1. The standard InChI is InChI=1S/C15H10ClN3O3S.C7H5N3O2S/c16-10-3-1-9(2-4-10)7-14(20)18-15-17-12-6-5-11(19(21)22)8-13(12)23-15;8-7-9-5-2-1-4(10(11)12)3-6(5)13-7/h1-6,8H,7H2,(H,17,18,20);1-3H,(H2,8,9). The second kappa shape index (κ2) is 10.6. The van der Waals surface area contributed by atoms with E-state index in [0.717, 1.165) is 10.3 Å². The Bertz CT molecular complexity index is 1600. The number of thiazole rings is 2. The third kappa shape index (κ3) is 6.07. The lowest BCUT2D eigenvalue weighted by atomic mass is 10.1. The number of anilines is 2. The number of nitro benzene ring substituents is 2. The van der Waals surface area contributed by atoms with Gasteiger partial charge in [-0.1, -0.05) is 46.4 Å². The number of halogens is 1. The Hall–Kier alpha value is -4.20. The topological polar surface area (TPSA) is 167 Å². The predicted octanol–water partition coefficient (Wildman–Crippen LogP) is 5.83. The molecule has 0 radical (unpaired) electrons. The smallest absolute Gasteiger partial charge is 0.270 e. The van der Waals surface area contributed by atoms with Crippen molar-refractivity contribution in [2.75, 3.05) is 11.1 Å². The lowest BCUT2D eigenvalue weighted by molar-refractivity contribution is -0.384. The number of fused-ring (bicyclic) bond motifs is 2. The minimum absolute atomic E-state index is 0.000177. The molecule has 0 unspecified atom stereocenters. The summed E-state index contributed by atoms with van der Waals surface area (Å²) in [6.45, 7) is 0. The van der Waals surface area contributed by atoms with Crippen molar-refractivity contribution in [2.45, 2.75) is 6.42 Å². The maximum atomic E-state index is 12.0. The van der Waals surface area contributed by atoms with Gasteiger partial charge in [-0.15, -0.1) is 0 Å². The molecule has 0 spiro atoms. The zero-order chi connectivity index (χ0) is 25.8. The second-order valence-corrected chi connectivity index (χ2v) is 9.77. The van der Waals surface area contributed by atoms with E-state index in [0.29, 0.717) is 31.0 Å². The summed E-state index contributed by atoms with van der Waals surface area (Å²) in [7, 11) is 0. The molecule has 0 aliphatic heterocycles. The minimum Gasteiger partial charge on any atom is -0.375 e. The van der Waals surface area contributed by atoms with Crippen LogP contribution in [0.3, 0.4) is 0 Å². The number of benzene rings is 3. The molecule has 182 valence electrons. The van der Waals surface area contributed by atoms with Crippen LogP contribution in [-0.4, -0.2) is 25.7 Å². The maximum absolute atomic E-state index is 12.0. The van der Waals surface area contributed by atoms with E-state index >= 15 is 0 Å². The van der Waals surface area contributed by atoms with Crippen molar-refractivity contribution in [1.82, 2.24) is 9.97 Å². The van der Waals surface area contributed by atoms with Crippen LogP contribution < -0.4 is 11.1 Å². The molecule has 2 aromatic heterocycles. The fourth-order valence-corrected chi connectivity index (χ4v) is 4.88. The zero-order valence-electron chi connectivity index (χ0n) is 18.1. The quantitative estimate of drug-likeness (QED) is 0.206. The van der Waals surface area contributed by atoms with E-state index in [1.165, 1.54) is 46.9 Å². The van der Waals surface area contributed by atoms with Gasteiger partial charge >= 0.3 is 0 Å². The number of hydrogen-bond donors (Lipinski definition) is 2. The molecule has 0 fully saturated rings. The molecule has 5 rings (SSSR count). The van der Waals surface area contributed by atoms with E-state index in [-0.39, 0.29) is 23.7 Å². The number of aromatic nitrogens is 2. The lowest BCUT2D eigenvalue weighted by Gasteiger charge is -2.01. The van der Waals surface area contributed by atoms with Crippen molar-refractivity contribution in [2.24, 2.45) is 0 Å². The molecule has 11 nitrogen and oxygen atoms in total. The van der Waals surface area contributed by atoms with Gasteiger partial charge in [0.1, 0.15) is 0 Å². The molecule has 0 atom stereocenters. The molecule has 3 N–H and O–H groups in total. The summed E-state index contributed by atoms with van der Waals surface area (Å²) in [4.78, 5) is 40.6. The van der Waals surface area contributed by atoms with E-state index in [1.807, 2.05) is 0 Å². The van der Waals surface area contributed by atoms with Crippen LogP contribution in [0.4, 0.5) is 21.6 Å². The number of nitrogens with one attached hydrogen (secondary N) is 1. The molecular weight excluding hydrogens is 528 g/mol. The van der Waals surface area contributed by atoms with Gasteiger partial charge in [-0.3, -0.25) is 25.0 Å². The molecule has 0 aliphatic carbocycles. The number of non-ortho nitro benzene ring substituents is 2. The first-order valence-corrected chi connectivity index (χ1v) is 12.1. The van der Waals surface area contributed by atoms with Gasteiger partial charge in [-0.2, -0.15) is 0 Å². The monoisotopic (exact) mass is 542 g/mol. The van der Waals surface area contributed by atoms with Crippen molar-refractivity contribution in [3.63, 3.8) is 0 Å². The number of nitrogen functional groups attached to an aromatic ring is 1. The number of nitrogens with two attached hydrogens (primary N) is 1. The van der Waals surface area contributed by atoms with Gasteiger partial charge in [0.15, 0.2) is 10.3 Å². The highest BCUT2D eigenvalue weighted by atomic mass is 35.5. The summed E-state index contributed by atoms with van der Waals surface area (Å²) in [5, 5.41) is 25.3. The summed E-state index contributed by atoms with van der Waals surface area (Å²) < 4.78 is 1.40. The van der Waals surface area contributed by atoms with Gasteiger partial charge in [-0.25, -0.2) is 9.97 Å². The zero-order valence-corrected chi connectivity index (χ0v) is 20.5. The Morgan fingerprint density at radius 2 is 1.44 bits per heavy atom. The van der Waals surface area contributed by atoms with E-state index in [2.05, 4.69) is 15.3 Å². The van der Waals surface area contributed by atoms with Crippen LogP contribution in [0.5, 0.6) is 0 Å². The average Bonchev–Trinajstić information content (AvgIpc) is 3.41. The van der Waals surface area contributed by atoms with Crippen LogP contribution in [0.1, 0.15) is 5.56 Å². The Morgan fingerprint density at radius 1 is 0.889 bits per heavy atom. The molecule has 36 heavy (non-hydrogen) atoms. The highest BCUT2D eigenvalue weighted by Crippen LogP contribution is 2.29. The Balaban J connectivity index is 0.000000197. The normalized spacial score (nSPS) is 10.6. The lowest BCUT2D eigenvalue weighted by Crippen LogP contribution is -2.14. The molecule has 5 aromatic rings. The van der Waals surface area contributed by atoms with Crippen molar-refractivity contribution < 1.29 is 14.6 Å². The number of nitro groups is 2. The number of hydrogen-bond acceptors (Lipinski definition) is 10. The first-order valence-electron chi connectivity index (χ1n) is 10.1. The van der Waals surface area contributed by atoms with Crippen molar-refractivity contribution in [3.8, 4) is 0 Å². The van der Waals surface area contributed by atoms with E-state index in [4.69, 9.17) is 17.3 Å². The van der Waals surface area contributed by atoms with Crippen LogP contribution in [0.2, 0.25) is 5.02 Å². The van der Waals surface area contributed by atoms with Gasteiger partial charge in [-0.05, 0) is 29.8 Å². The molecule has 0 saturated carbocycles. The molecule has 0 saturated heterocycles. The van der Waals surface area contributed by atoms with Crippen LogP contribution in [0.25, 0.3) is 20.4 Å². The molecule has 0 aliphatic rings. The molecule has 3 aromatic carbocycles. The fourth-order valence-electron chi connectivity index (χ4n) is 3.08. The van der Waals surface area contributed by atoms with Gasteiger partial charge in [0.05, 0.1) is 36.7 Å². The molecule has 0 bridgehead atoms. The highest BCUT2D eigenvalue weighted by molar-refractivity contribution is 7.22. The first kappa shape index (κ1) is 24.9.